The predicted molar refractivity (Wildman–Crippen MR) is 77.8 cm³/mol. The van der Waals surface area contributed by atoms with Gasteiger partial charge in [-0.15, -0.1) is 12.4 Å². The van der Waals surface area contributed by atoms with E-state index in [1.54, 1.807) is 6.07 Å². The van der Waals surface area contributed by atoms with Crippen LogP contribution in [0.1, 0.15) is 25.8 Å². The van der Waals surface area contributed by atoms with E-state index >= 15 is 0 Å². The smallest absolute Gasteiger partial charge is 0.237 e. The Bertz CT molecular complexity index is 401. The summed E-state index contributed by atoms with van der Waals surface area (Å²) in [7, 11) is 0. The lowest BCUT2D eigenvalue weighted by molar-refractivity contribution is -0.123. The molecule has 3 N–H and O–H groups in total. The van der Waals surface area contributed by atoms with Gasteiger partial charge in [0.1, 0.15) is 5.82 Å². The molecule has 1 rings (SSSR count). The molecule has 0 saturated heterocycles. The summed E-state index contributed by atoms with van der Waals surface area (Å²) in [6, 6.07) is 5.91. The normalized spacial score (nSPS) is 13.3. The third-order valence-electron chi connectivity index (χ3n) is 3.16. The number of nitrogens with one attached hydrogen (secondary N) is 1. The van der Waals surface area contributed by atoms with Gasteiger partial charge >= 0.3 is 0 Å². The Labute approximate surface area is 120 Å². The van der Waals surface area contributed by atoms with E-state index in [0.717, 1.165) is 12.0 Å². The first kappa shape index (κ1) is 17.9. The van der Waals surface area contributed by atoms with Gasteiger partial charge in [-0.05, 0) is 30.0 Å². The maximum absolute atomic E-state index is 12.9. The molecule has 108 valence electrons. The van der Waals surface area contributed by atoms with Crippen molar-refractivity contribution < 1.29 is 9.18 Å². The molecule has 2 atom stereocenters. The fourth-order valence-corrected chi connectivity index (χ4v) is 1.65. The van der Waals surface area contributed by atoms with Gasteiger partial charge in [0.25, 0.3) is 0 Å². The van der Waals surface area contributed by atoms with Crippen molar-refractivity contribution in [2.75, 3.05) is 6.54 Å². The number of hydrogen-bond donors (Lipinski definition) is 2. The van der Waals surface area contributed by atoms with Crippen molar-refractivity contribution in [1.29, 1.82) is 0 Å². The predicted octanol–water partition coefficient (Wildman–Crippen LogP) is 2.28. The van der Waals surface area contributed by atoms with Crippen LogP contribution in [0, 0.1) is 11.7 Å². The van der Waals surface area contributed by atoms with Crippen LogP contribution < -0.4 is 11.1 Å². The highest BCUT2D eigenvalue weighted by molar-refractivity contribution is 5.85. The van der Waals surface area contributed by atoms with Crippen molar-refractivity contribution in [1.82, 2.24) is 5.32 Å². The molecule has 0 aromatic heterocycles. The molecule has 0 spiro atoms. The number of carbonyl (C=O) groups is 1. The average molecular weight is 289 g/mol. The van der Waals surface area contributed by atoms with Crippen LogP contribution in [0.3, 0.4) is 0 Å². The van der Waals surface area contributed by atoms with E-state index in [-0.39, 0.29) is 30.0 Å². The van der Waals surface area contributed by atoms with Gasteiger partial charge < -0.3 is 11.1 Å². The van der Waals surface area contributed by atoms with Gasteiger partial charge in [0.2, 0.25) is 5.91 Å². The van der Waals surface area contributed by atoms with Gasteiger partial charge in [-0.25, -0.2) is 4.39 Å². The molecule has 0 fully saturated rings. The second kappa shape index (κ2) is 8.88. The number of benzene rings is 1. The Morgan fingerprint density at radius 2 is 2.16 bits per heavy atom. The van der Waals surface area contributed by atoms with E-state index in [1.165, 1.54) is 12.1 Å². The number of carbonyl (C=O) groups excluding carboxylic acids is 1. The first-order valence-electron chi connectivity index (χ1n) is 6.32. The second-order valence-corrected chi connectivity index (χ2v) is 4.58. The lowest BCUT2D eigenvalue weighted by Gasteiger charge is -2.17. The summed E-state index contributed by atoms with van der Waals surface area (Å²) in [5.74, 6) is -0.227. The topological polar surface area (TPSA) is 55.1 Å². The Morgan fingerprint density at radius 3 is 2.74 bits per heavy atom. The summed E-state index contributed by atoms with van der Waals surface area (Å²) in [6.45, 7) is 4.44. The fourth-order valence-electron chi connectivity index (χ4n) is 1.65. The number of rotatable bonds is 6. The Balaban J connectivity index is 0.00000324. The molecule has 0 aliphatic rings. The van der Waals surface area contributed by atoms with Crippen LogP contribution >= 0.6 is 12.4 Å². The summed E-state index contributed by atoms with van der Waals surface area (Å²) in [4.78, 5) is 11.7. The van der Waals surface area contributed by atoms with Crippen molar-refractivity contribution in [2.24, 2.45) is 11.7 Å². The quantitative estimate of drug-likeness (QED) is 0.844. The molecule has 1 amide bonds. The van der Waals surface area contributed by atoms with E-state index in [0.29, 0.717) is 13.0 Å². The zero-order valence-corrected chi connectivity index (χ0v) is 12.2. The summed E-state index contributed by atoms with van der Waals surface area (Å²) < 4.78 is 12.9. The monoisotopic (exact) mass is 288 g/mol. The highest BCUT2D eigenvalue weighted by Crippen LogP contribution is 2.06. The molecule has 0 radical (unpaired) electrons. The third-order valence-corrected chi connectivity index (χ3v) is 3.16. The van der Waals surface area contributed by atoms with E-state index < -0.39 is 6.04 Å². The van der Waals surface area contributed by atoms with E-state index in [2.05, 4.69) is 5.32 Å². The van der Waals surface area contributed by atoms with Crippen LogP contribution in [-0.2, 0) is 11.2 Å². The molecule has 0 aliphatic heterocycles. The number of halogens is 2. The minimum Gasteiger partial charge on any atom is -0.354 e. The molecule has 0 saturated carbocycles. The van der Waals surface area contributed by atoms with E-state index in [9.17, 15) is 9.18 Å². The summed E-state index contributed by atoms with van der Waals surface area (Å²) in [5.41, 5.74) is 6.67. The van der Waals surface area contributed by atoms with Crippen molar-refractivity contribution >= 4 is 18.3 Å². The summed E-state index contributed by atoms with van der Waals surface area (Å²) in [6.07, 6.45) is 1.48. The van der Waals surface area contributed by atoms with Gasteiger partial charge in [-0.3, -0.25) is 4.79 Å². The van der Waals surface area contributed by atoms with E-state index in [1.807, 2.05) is 19.9 Å². The Morgan fingerprint density at radius 1 is 1.47 bits per heavy atom. The number of nitrogens with two attached hydrogens (primary N) is 1. The maximum atomic E-state index is 12.9. The zero-order valence-electron chi connectivity index (χ0n) is 11.4. The van der Waals surface area contributed by atoms with Gasteiger partial charge in [0.05, 0.1) is 6.04 Å². The first-order chi connectivity index (χ1) is 8.54. The molecule has 5 heteroatoms. The SMILES string of the molecule is CCC(C)C(N)C(=O)NCCc1cccc(F)c1.Cl. The molecule has 0 heterocycles. The third kappa shape index (κ3) is 6.03. The molecule has 0 bridgehead atoms. The average Bonchev–Trinajstić information content (AvgIpc) is 2.36. The van der Waals surface area contributed by atoms with Gasteiger partial charge in [-0.2, -0.15) is 0 Å². The minimum atomic E-state index is -0.470. The van der Waals surface area contributed by atoms with Crippen molar-refractivity contribution in [3.8, 4) is 0 Å². The summed E-state index contributed by atoms with van der Waals surface area (Å²) in [5, 5.41) is 2.78. The van der Waals surface area contributed by atoms with Crippen LogP contribution in [-0.4, -0.2) is 18.5 Å². The van der Waals surface area contributed by atoms with Crippen molar-refractivity contribution in [3.63, 3.8) is 0 Å². The molecule has 2 unspecified atom stereocenters. The molecule has 19 heavy (non-hydrogen) atoms. The standard InChI is InChI=1S/C14H21FN2O.ClH/c1-3-10(2)13(16)14(18)17-8-7-11-5-4-6-12(15)9-11;/h4-6,9-10,13H,3,7-8,16H2,1-2H3,(H,17,18);1H. The largest absolute Gasteiger partial charge is 0.354 e. The van der Waals surface area contributed by atoms with Crippen LogP contribution in [0.4, 0.5) is 4.39 Å². The van der Waals surface area contributed by atoms with Crippen molar-refractivity contribution in [2.45, 2.75) is 32.7 Å². The molecule has 3 nitrogen and oxygen atoms in total. The minimum absolute atomic E-state index is 0. The van der Waals surface area contributed by atoms with Gasteiger partial charge in [0.15, 0.2) is 0 Å². The Kier molecular flexibility index (Phi) is 8.35. The summed E-state index contributed by atoms with van der Waals surface area (Å²) >= 11 is 0. The fraction of sp³-hybridized carbons (Fsp3) is 0.500. The molecular formula is C14H22ClFN2O. The van der Waals surface area contributed by atoms with Gasteiger partial charge in [0, 0.05) is 6.54 Å². The van der Waals surface area contributed by atoms with Gasteiger partial charge in [-0.1, -0.05) is 32.4 Å². The second-order valence-electron chi connectivity index (χ2n) is 4.58. The highest BCUT2D eigenvalue weighted by atomic mass is 35.5. The highest BCUT2D eigenvalue weighted by Gasteiger charge is 2.18. The van der Waals surface area contributed by atoms with Crippen LogP contribution in [0.25, 0.3) is 0 Å². The van der Waals surface area contributed by atoms with Crippen LogP contribution in [0.5, 0.6) is 0 Å². The Hall–Kier alpha value is -1.13. The zero-order chi connectivity index (χ0) is 13.5. The lowest BCUT2D eigenvalue weighted by Crippen LogP contribution is -2.45. The molecule has 1 aromatic rings. The van der Waals surface area contributed by atoms with E-state index in [4.69, 9.17) is 5.73 Å². The lowest BCUT2D eigenvalue weighted by atomic mass is 9.99. The number of amides is 1. The first-order valence-corrected chi connectivity index (χ1v) is 6.32. The molecular weight excluding hydrogens is 267 g/mol. The van der Waals surface area contributed by atoms with Crippen LogP contribution in [0.15, 0.2) is 24.3 Å². The molecule has 1 aromatic carbocycles. The number of hydrogen-bond acceptors (Lipinski definition) is 2. The van der Waals surface area contributed by atoms with Crippen molar-refractivity contribution in [3.05, 3.63) is 35.6 Å². The molecule has 0 aliphatic carbocycles. The maximum Gasteiger partial charge on any atom is 0.237 e. The van der Waals surface area contributed by atoms with Crippen LogP contribution in [0.2, 0.25) is 0 Å².